The molecule has 0 radical (unpaired) electrons. The minimum Gasteiger partial charge on any atom is -0.467 e. The molecule has 0 aromatic rings. The quantitative estimate of drug-likeness (QED) is 0.595. The average Bonchev–Trinajstić information content (AvgIpc) is 2.27. The summed E-state index contributed by atoms with van der Waals surface area (Å²) < 4.78 is 26.3. The lowest BCUT2D eigenvalue weighted by atomic mass is 10.1. The van der Waals surface area contributed by atoms with Gasteiger partial charge in [0.25, 0.3) is 0 Å². The van der Waals surface area contributed by atoms with Gasteiger partial charge in [0.1, 0.15) is 12.2 Å². The Labute approximate surface area is 93.7 Å². The normalized spacial score (nSPS) is 43.6. The third kappa shape index (κ3) is 2.20. The van der Waals surface area contributed by atoms with Crippen molar-refractivity contribution in [3.8, 4) is 0 Å². The molecule has 0 bridgehead atoms. The van der Waals surface area contributed by atoms with Crippen molar-refractivity contribution in [3.05, 3.63) is 0 Å². The van der Waals surface area contributed by atoms with Gasteiger partial charge < -0.3 is 23.7 Å². The van der Waals surface area contributed by atoms with E-state index in [-0.39, 0.29) is 12.4 Å². The van der Waals surface area contributed by atoms with Crippen LogP contribution < -0.4 is 0 Å². The second-order valence-electron chi connectivity index (χ2n) is 3.82. The molecule has 0 N–H and O–H groups in total. The van der Waals surface area contributed by atoms with Crippen molar-refractivity contribution in [3.63, 3.8) is 0 Å². The lowest BCUT2D eigenvalue weighted by molar-refractivity contribution is -0.346. The van der Waals surface area contributed by atoms with Crippen molar-refractivity contribution >= 4 is 5.97 Å². The number of carbonyl (C=O) groups is 1. The number of hydrogen-bond donors (Lipinski definition) is 0. The molecule has 2 rings (SSSR count). The lowest BCUT2D eigenvalue weighted by Crippen LogP contribution is -2.59. The van der Waals surface area contributed by atoms with E-state index < -0.39 is 24.5 Å². The zero-order valence-corrected chi connectivity index (χ0v) is 9.54. The van der Waals surface area contributed by atoms with Gasteiger partial charge in [-0.2, -0.15) is 0 Å². The van der Waals surface area contributed by atoms with E-state index in [0.717, 1.165) is 0 Å². The average molecular weight is 232 g/mol. The summed E-state index contributed by atoms with van der Waals surface area (Å²) in [6.45, 7) is 3.89. The monoisotopic (exact) mass is 232 g/mol. The van der Waals surface area contributed by atoms with E-state index in [9.17, 15) is 4.79 Å². The summed E-state index contributed by atoms with van der Waals surface area (Å²) in [5.74, 6) is -0.445. The number of ether oxygens (including phenoxy) is 5. The van der Waals surface area contributed by atoms with Gasteiger partial charge in [0.15, 0.2) is 18.7 Å². The highest BCUT2D eigenvalue weighted by Crippen LogP contribution is 2.27. The SMILES string of the molecule is COC(=O)C1OC(C)OC2COC(C)OC21. The number of carbonyl (C=O) groups excluding carboxylic acids is 1. The van der Waals surface area contributed by atoms with Gasteiger partial charge in [-0.25, -0.2) is 4.79 Å². The summed E-state index contributed by atoms with van der Waals surface area (Å²) in [4.78, 5) is 11.6. The highest BCUT2D eigenvalue weighted by Gasteiger charge is 2.46. The zero-order chi connectivity index (χ0) is 11.7. The summed E-state index contributed by atoms with van der Waals surface area (Å²) in [7, 11) is 1.32. The highest BCUT2D eigenvalue weighted by molar-refractivity contribution is 5.75. The Morgan fingerprint density at radius 1 is 1.19 bits per heavy atom. The Hall–Kier alpha value is -0.690. The summed E-state index contributed by atoms with van der Waals surface area (Å²) in [5.41, 5.74) is 0. The summed E-state index contributed by atoms with van der Waals surface area (Å²) in [6.07, 6.45) is -2.33. The molecule has 2 saturated heterocycles. The van der Waals surface area contributed by atoms with Gasteiger partial charge in [-0.15, -0.1) is 0 Å². The number of methoxy groups -OCH3 is 1. The summed E-state index contributed by atoms with van der Waals surface area (Å²) in [6, 6.07) is 0. The van der Waals surface area contributed by atoms with Crippen molar-refractivity contribution < 1.29 is 28.5 Å². The van der Waals surface area contributed by atoms with E-state index in [2.05, 4.69) is 4.74 Å². The first-order chi connectivity index (χ1) is 7.61. The molecule has 6 nitrogen and oxygen atoms in total. The first-order valence-electron chi connectivity index (χ1n) is 5.27. The van der Waals surface area contributed by atoms with Gasteiger partial charge in [-0.3, -0.25) is 0 Å². The number of fused-ring (bicyclic) bond motifs is 1. The van der Waals surface area contributed by atoms with Crippen LogP contribution in [0.15, 0.2) is 0 Å². The molecule has 92 valence electrons. The first kappa shape index (κ1) is 11.8. The van der Waals surface area contributed by atoms with Crippen LogP contribution in [0, 0.1) is 0 Å². The Balaban J connectivity index is 2.12. The van der Waals surface area contributed by atoms with E-state index in [1.807, 2.05) is 0 Å². The van der Waals surface area contributed by atoms with Gasteiger partial charge in [0.2, 0.25) is 0 Å². The van der Waals surface area contributed by atoms with Crippen molar-refractivity contribution in [2.45, 2.75) is 44.7 Å². The molecule has 0 aromatic carbocycles. The van der Waals surface area contributed by atoms with Crippen LogP contribution in [0.4, 0.5) is 0 Å². The van der Waals surface area contributed by atoms with Gasteiger partial charge in [-0.05, 0) is 13.8 Å². The summed E-state index contributed by atoms with van der Waals surface area (Å²) >= 11 is 0. The van der Waals surface area contributed by atoms with Crippen LogP contribution in [0.2, 0.25) is 0 Å². The fourth-order valence-electron chi connectivity index (χ4n) is 1.92. The third-order valence-electron chi connectivity index (χ3n) is 2.65. The fourth-order valence-corrected chi connectivity index (χ4v) is 1.92. The van der Waals surface area contributed by atoms with Gasteiger partial charge in [0, 0.05) is 0 Å². The predicted molar refractivity (Wildman–Crippen MR) is 51.5 cm³/mol. The maximum atomic E-state index is 11.6. The van der Waals surface area contributed by atoms with Gasteiger partial charge in [-0.1, -0.05) is 0 Å². The maximum absolute atomic E-state index is 11.6. The molecule has 0 amide bonds. The number of hydrogen-bond acceptors (Lipinski definition) is 6. The fraction of sp³-hybridized carbons (Fsp3) is 0.900. The largest absolute Gasteiger partial charge is 0.467 e. The van der Waals surface area contributed by atoms with Crippen LogP contribution in [0.25, 0.3) is 0 Å². The van der Waals surface area contributed by atoms with Gasteiger partial charge >= 0.3 is 5.97 Å². The van der Waals surface area contributed by atoms with Crippen molar-refractivity contribution in [1.29, 1.82) is 0 Å². The topological polar surface area (TPSA) is 63.2 Å². The third-order valence-corrected chi connectivity index (χ3v) is 2.65. The van der Waals surface area contributed by atoms with Crippen LogP contribution in [-0.2, 0) is 28.5 Å². The molecule has 16 heavy (non-hydrogen) atoms. The minimum absolute atomic E-state index is 0.288. The van der Waals surface area contributed by atoms with Crippen LogP contribution in [0.3, 0.4) is 0 Å². The molecule has 0 spiro atoms. The van der Waals surface area contributed by atoms with E-state index in [1.54, 1.807) is 13.8 Å². The molecular formula is C10H16O6. The lowest BCUT2D eigenvalue weighted by Gasteiger charge is -2.43. The molecule has 0 aromatic heterocycles. The van der Waals surface area contributed by atoms with Crippen LogP contribution in [0.1, 0.15) is 13.8 Å². The second-order valence-corrected chi connectivity index (χ2v) is 3.82. The van der Waals surface area contributed by atoms with E-state index in [0.29, 0.717) is 6.61 Å². The molecule has 2 fully saturated rings. The zero-order valence-electron chi connectivity index (χ0n) is 9.54. The molecule has 5 unspecified atom stereocenters. The highest BCUT2D eigenvalue weighted by atomic mass is 16.8. The molecule has 0 saturated carbocycles. The summed E-state index contributed by atoms with van der Waals surface area (Å²) in [5, 5.41) is 0. The molecular weight excluding hydrogens is 216 g/mol. The Kier molecular flexibility index (Phi) is 3.44. The Morgan fingerprint density at radius 3 is 2.62 bits per heavy atom. The minimum atomic E-state index is -0.745. The van der Waals surface area contributed by atoms with Gasteiger partial charge in [0.05, 0.1) is 13.7 Å². The van der Waals surface area contributed by atoms with Crippen molar-refractivity contribution in [1.82, 2.24) is 0 Å². The standard InChI is InChI=1S/C10H16O6/c1-5-13-4-7-8(15-5)9(10(11)12-3)16-6(2)14-7/h5-9H,4H2,1-3H3. The van der Waals surface area contributed by atoms with E-state index >= 15 is 0 Å². The second kappa shape index (κ2) is 4.67. The molecule has 2 aliphatic rings. The Bertz CT molecular complexity index is 268. The smallest absolute Gasteiger partial charge is 0.337 e. The van der Waals surface area contributed by atoms with Crippen LogP contribution >= 0.6 is 0 Å². The van der Waals surface area contributed by atoms with E-state index in [1.165, 1.54) is 7.11 Å². The number of rotatable bonds is 1. The molecule has 0 aliphatic carbocycles. The van der Waals surface area contributed by atoms with Crippen molar-refractivity contribution in [2.75, 3.05) is 13.7 Å². The first-order valence-corrected chi connectivity index (χ1v) is 5.27. The Morgan fingerprint density at radius 2 is 1.94 bits per heavy atom. The van der Waals surface area contributed by atoms with Crippen LogP contribution in [0.5, 0.6) is 0 Å². The molecule has 6 heteroatoms. The van der Waals surface area contributed by atoms with Crippen molar-refractivity contribution in [2.24, 2.45) is 0 Å². The van der Waals surface area contributed by atoms with Crippen LogP contribution in [-0.4, -0.2) is 50.6 Å². The van der Waals surface area contributed by atoms with E-state index in [4.69, 9.17) is 18.9 Å². The maximum Gasteiger partial charge on any atom is 0.337 e. The predicted octanol–water partition coefficient (Wildman–Crippen LogP) is 0.0508. The molecule has 2 aliphatic heterocycles. The molecule has 5 atom stereocenters. The molecule has 2 heterocycles. The number of esters is 1.